The highest BCUT2D eigenvalue weighted by molar-refractivity contribution is 7.85. The van der Waals surface area contributed by atoms with E-state index in [2.05, 4.69) is 13.8 Å². The number of rotatable bonds is 4. The summed E-state index contributed by atoms with van der Waals surface area (Å²) < 4.78 is 35.3. The van der Waals surface area contributed by atoms with Gasteiger partial charge in [-0.2, -0.15) is 0 Å². The third kappa shape index (κ3) is 3.23. The molecule has 0 aliphatic carbocycles. The molecule has 1 aromatic carbocycles. The van der Waals surface area contributed by atoms with Gasteiger partial charge in [-0.3, -0.25) is 0 Å². The zero-order chi connectivity index (χ0) is 15.8. The SMILES string of the molecule is Cc1c(C(C)C)cc(C(C)C)c(S(=O)(=O)[O-])c1C(C)C. The van der Waals surface area contributed by atoms with Gasteiger partial charge in [-0.15, -0.1) is 0 Å². The lowest BCUT2D eigenvalue weighted by atomic mass is 9.85. The van der Waals surface area contributed by atoms with Crippen molar-refractivity contribution in [3.05, 3.63) is 28.3 Å². The van der Waals surface area contributed by atoms with E-state index in [-0.39, 0.29) is 16.7 Å². The van der Waals surface area contributed by atoms with E-state index in [1.54, 1.807) is 0 Å². The molecule has 3 nitrogen and oxygen atoms in total. The van der Waals surface area contributed by atoms with Gasteiger partial charge in [-0.05, 0) is 46.9 Å². The molecule has 4 heteroatoms. The maximum absolute atomic E-state index is 11.8. The predicted molar refractivity (Wildman–Crippen MR) is 81.4 cm³/mol. The molecule has 0 saturated carbocycles. The predicted octanol–water partition coefficient (Wildman–Crippen LogP) is 4.27. The smallest absolute Gasteiger partial charge is 0.125 e. The summed E-state index contributed by atoms with van der Waals surface area (Å²) >= 11 is 0. The van der Waals surface area contributed by atoms with Crippen LogP contribution in [-0.2, 0) is 10.1 Å². The molecule has 0 aliphatic heterocycles. The van der Waals surface area contributed by atoms with Crippen molar-refractivity contribution < 1.29 is 13.0 Å². The average molecular weight is 297 g/mol. The largest absolute Gasteiger partial charge is 0.744 e. The molecule has 0 aromatic heterocycles. The third-order valence-electron chi connectivity index (χ3n) is 3.73. The van der Waals surface area contributed by atoms with Crippen LogP contribution in [0.2, 0.25) is 0 Å². The Labute approximate surface area is 123 Å². The summed E-state index contributed by atoms with van der Waals surface area (Å²) in [5.74, 6) is 0.308. The van der Waals surface area contributed by atoms with Gasteiger partial charge in [0, 0.05) is 0 Å². The number of hydrogen-bond donors (Lipinski definition) is 0. The Morgan fingerprint density at radius 3 is 1.65 bits per heavy atom. The van der Waals surface area contributed by atoms with Gasteiger partial charge in [0.05, 0.1) is 4.90 Å². The maximum atomic E-state index is 11.8. The fourth-order valence-electron chi connectivity index (χ4n) is 2.83. The fourth-order valence-corrected chi connectivity index (χ4v) is 4.07. The van der Waals surface area contributed by atoms with Crippen molar-refractivity contribution in [3.8, 4) is 0 Å². The molecule has 20 heavy (non-hydrogen) atoms. The van der Waals surface area contributed by atoms with Crippen molar-refractivity contribution in [1.82, 2.24) is 0 Å². The molecule has 0 fully saturated rings. The molecule has 0 unspecified atom stereocenters. The average Bonchev–Trinajstić information content (AvgIpc) is 2.25. The summed E-state index contributed by atoms with van der Waals surface area (Å²) in [5.41, 5.74) is 3.41. The van der Waals surface area contributed by atoms with E-state index in [1.165, 1.54) is 0 Å². The molecule has 0 saturated heterocycles. The molecule has 1 aromatic rings. The molecule has 1 rings (SSSR count). The van der Waals surface area contributed by atoms with E-state index in [4.69, 9.17) is 0 Å². The van der Waals surface area contributed by atoms with Crippen LogP contribution in [0.15, 0.2) is 11.0 Å². The van der Waals surface area contributed by atoms with Gasteiger partial charge in [-0.1, -0.05) is 47.6 Å². The Morgan fingerprint density at radius 2 is 1.35 bits per heavy atom. The van der Waals surface area contributed by atoms with Gasteiger partial charge < -0.3 is 4.55 Å². The van der Waals surface area contributed by atoms with E-state index in [9.17, 15) is 13.0 Å². The quantitative estimate of drug-likeness (QED) is 0.780. The van der Waals surface area contributed by atoms with Crippen LogP contribution in [0.1, 0.15) is 81.5 Å². The number of benzene rings is 1. The Balaban J connectivity index is 3.94. The van der Waals surface area contributed by atoms with E-state index >= 15 is 0 Å². The first-order valence-corrected chi connectivity index (χ1v) is 8.52. The van der Waals surface area contributed by atoms with Crippen molar-refractivity contribution in [3.63, 3.8) is 0 Å². The molecular formula is C16H25O3S-. The maximum Gasteiger partial charge on any atom is 0.125 e. The summed E-state index contributed by atoms with van der Waals surface area (Å²) in [6, 6.07) is 1.90. The van der Waals surface area contributed by atoms with Crippen molar-refractivity contribution in [2.24, 2.45) is 0 Å². The highest BCUT2D eigenvalue weighted by Crippen LogP contribution is 2.37. The van der Waals surface area contributed by atoms with Crippen molar-refractivity contribution in [1.29, 1.82) is 0 Å². The van der Waals surface area contributed by atoms with Gasteiger partial charge in [0.25, 0.3) is 0 Å². The van der Waals surface area contributed by atoms with E-state index < -0.39 is 10.1 Å². The molecule has 0 atom stereocenters. The van der Waals surface area contributed by atoms with Gasteiger partial charge in [0.1, 0.15) is 10.1 Å². The Bertz CT molecular complexity index is 597. The molecule has 0 bridgehead atoms. The number of hydrogen-bond acceptors (Lipinski definition) is 3. The molecule has 0 spiro atoms. The lowest BCUT2D eigenvalue weighted by Crippen LogP contribution is -2.14. The molecule has 0 N–H and O–H groups in total. The zero-order valence-corrected chi connectivity index (χ0v) is 14.3. The molecule has 0 radical (unpaired) electrons. The van der Waals surface area contributed by atoms with Crippen molar-refractivity contribution >= 4 is 10.1 Å². The van der Waals surface area contributed by atoms with Crippen molar-refractivity contribution in [2.75, 3.05) is 0 Å². The first-order chi connectivity index (χ1) is 8.98. The minimum Gasteiger partial charge on any atom is -0.744 e. The monoisotopic (exact) mass is 297 g/mol. The van der Waals surface area contributed by atoms with Crippen LogP contribution >= 0.6 is 0 Å². The summed E-state index contributed by atoms with van der Waals surface area (Å²) in [7, 11) is -4.47. The van der Waals surface area contributed by atoms with Crippen LogP contribution in [-0.4, -0.2) is 13.0 Å². The Morgan fingerprint density at radius 1 is 0.900 bits per heavy atom. The van der Waals surface area contributed by atoms with Crippen LogP contribution in [0.5, 0.6) is 0 Å². The minimum absolute atomic E-state index is 0.00400. The second-order valence-corrected chi connectivity index (χ2v) is 7.66. The van der Waals surface area contributed by atoms with Crippen LogP contribution in [0.3, 0.4) is 0 Å². The topological polar surface area (TPSA) is 57.2 Å². The Hall–Kier alpha value is -0.870. The Kier molecular flexibility index (Phi) is 5.03. The zero-order valence-electron chi connectivity index (χ0n) is 13.4. The van der Waals surface area contributed by atoms with Crippen LogP contribution in [0.25, 0.3) is 0 Å². The molecular weight excluding hydrogens is 272 g/mol. The van der Waals surface area contributed by atoms with Gasteiger partial charge in [-0.25, -0.2) is 8.42 Å². The standard InChI is InChI=1S/C16H26O3S/c1-9(2)13-8-14(10(3)4)16(20(17,18)19)15(11(5)6)12(13)7/h8-11H,1-7H3,(H,17,18,19)/p-1. The second kappa shape index (κ2) is 5.86. The highest BCUT2D eigenvalue weighted by atomic mass is 32.2. The molecule has 0 aliphatic rings. The fraction of sp³-hybridized carbons (Fsp3) is 0.625. The van der Waals surface area contributed by atoms with Crippen LogP contribution < -0.4 is 0 Å². The molecule has 114 valence electrons. The van der Waals surface area contributed by atoms with Gasteiger partial charge in [0.2, 0.25) is 0 Å². The highest BCUT2D eigenvalue weighted by Gasteiger charge is 2.24. The van der Waals surface area contributed by atoms with Crippen LogP contribution in [0.4, 0.5) is 0 Å². The third-order valence-corrected chi connectivity index (χ3v) is 4.68. The summed E-state index contributed by atoms with van der Waals surface area (Å²) in [6.45, 7) is 13.8. The van der Waals surface area contributed by atoms with E-state index in [1.807, 2.05) is 40.7 Å². The molecule has 0 amide bonds. The normalized spacial score (nSPS) is 12.8. The second-order valence-electron chi connectivity index (χ2n) is 6.34. The first kappa shape index (κ1) is 17.2. The van der Waals surface area contributed by atoms with E-state index in [0.717, 1.165) is 11.1 Å². The van der Waals surface area contributed by atoms with Crippen molar-refractivity contribution in [2.45, 2.75) is 71.1 Å². The minimum atomic E-state index is -4.47. The lowest BCUT2D eigenvalue weighted by Gasteiger charge is -2.27. The van der Waals surface area contributed by atoms with Gasteiger partial charge >= 0.3 is 0 Å². The van der Waals surface area contributed by atoms with Crippen LogP contribution in [0, 0.1) is 6.92 Å². The molecule has 0 heterocycles. The lowest BCUT2D eigenvalue weighted by molar-refractivity contribution is 0.459. The van der Waals surface area contributed by atoms with Gasteiger partial charge in [0.15, 0.2) is 0 Å². The summed E-state index contributed by atoms with van der Waals surface area (Å²) in [4.78, 5) is 0.00407. The first-order valence-electron chi connectivity index (χ1n) is 7.11. The summed E-state index contributed by atoms with van der Waals surface area (Å²) in [5, 5.41) is 0. The van der Waals surface area contributed by atoms with E-state index in [0.29, 0.717) is 17.0 Å². The summed E-state index contributed by atoms with van der Waals surface area (Å²) in [6.07, 6.45) is 0.